The van der Waals surface area contributed by atoms with Gasteiger partial charge in [-0.15, -0.1) is 5.10 Å². The van der Waals surface area contributed by atoms with E-state index in [2.05, 4.69) is 43.1 Å². The molecule has 0 saturated heterocycles. The minimum atomic E-state index is 0.636. The van der Waals surface area contributed by atoms with Crippen LogP contribution in [0.2, 0.25) is 0 Å². The summed E-state index contributed by atoms with van der Waals surface area (Å²) < 4.78 is 1.79. The summed E-state index contributed by atoms with van der Waals surface area (Å²) >= 11 is 0. The molecule has 0 aliphatic carbocycles. The van der Waals surface area contributed by atoms with Crippen LogP contribution in [0.25, 0.3) is 5.65 Å². The van der Waals surface area contributed by atoms with E-state index < -0.39 is 0 Å². The van der Waals surface area contributed by atoms with E-state index in [9.17, 15) is 0 Å². The van der Waals surface area contributed by atoms with Crippen molar-refractivity contribution in [3.8, 4) is 0 Å². The van der Waals surface area contributed by atoms with E-state index in [1.807, 2.05) is 24.4 Å². The van der Waals surface area contributed by atoms with E-state index in [1.165, 1.54) is 0 Å². The fraction of sp³-hybridized carbons (Fsp3) is 0.571. The second kappa shape index (κ2) is 5.38. The van der Waals surface area contributed by atoms with Crippen LogP contribution in [0.3, 0.4) is 0 Å². The fourth-order valence-electron chi connectivity index (χ4n) is 2.36. The lowest BCUT2D eigenvalue weighted by atomic mass is 9.85. The molecule has 0 aliphatic rings. The van der Waals surface area contributed by atoms with Gasteiger partial charge in [0.05, 0.1) is 0 Å². The molecule has 2 rings (SSSR count). The summed E-state index contributed by atoms with van der Waals surface area (Å²) in [5.74, 6) is 2.67. The summed E-state index contributed by atoms with van der Waals surface area (Å²) in [6, 6.07) is 5.88. The molecule has 1 N–H and O–H groups in total. The van der Waals surface area contributed by atoms with Crippen LogP contribution in [0, 0.1) is 17.8 Å². The second-order valence-corrected chi connectivity index (χ2v) is 5.47. The smallest absolute Gasteiger partial charge is 0.243 e. The molecule has 0 aromatic carbocycles. The molecule has 2 heterocycles. The molecule has 0 radical (unpaired) electrons. The number of aromatic nitrogens is 3. The van der Waals surface area contributed by atoms with Gasteiger partial charge in [-0.3, -0.25) is 0 Å². The topological polar surface area (TPSA) is 42.2 Å². The van der Waals surface area contributed by atoms with E-state index in [-0.39, 0.29) is 0 Å². The lowest BCUT2D eigenvalue weighted by molar-refractivity contribution is 0.304. The predicted molar refractivity (Wildman–Crippen MR) is 74.6 cm³/mol. The molecule has 0 amide bonds. The van der Waals surface area contributed by atoms with Crippen molar-refractivity contribution in [2.24, 2.45) is 17.8 Å². The Hall–Kier alpha value is -1.58. The van der Waals surface area contributed by atoms with Crippen molar-refractivity contribution in [1.82, 2.24) is 14.6 Å². The highest BCUT2D eigenvalue weighted by molar-refractivity contribution is 5.42. The van der Waals surface area contributed by atoms with Crippen LogP contribution in [0.4, 0.5) is 5.95 Å². The quantitative estimate of drug-likeness (QED) is 0.881. The number of nitrogens with one attached hydrogen (secondary N) is 1. The van der Waals surface area contributed by atoms with Gasteiger partial charge in [-0.1, -0.05) is 33.8 Å². The van der Waals surface area contributed by atoms with Gasteiger partial charge < -0.3 is 5.32 Å². The van der Waals surface area contributed by atoms with Gasteiger partial charge in [0.25, 0.3) is 0 Å². The van der Waals surface area contributed by atoms with Gasteiger partial charge in [-0.2, -0.15) is 4.98 Å². The average molecular weight is 246 g/mol. The second-order valence-electron chi connectivity index (χ2n) is 5.47. The number of rotatable bonds is 5. The Labute approximate surface area is 108 Å². The third-order valence-corrected chi connectivity index (χ3v) is 3.45. The molecular formula is C14H22N4. The first kappa shape index (κ1) is 12.9. The molecule has 0 unspecified atom stereocenters. The van der Waals surface area contributed by atoms with Crippen LogP contribution in [0.1, 0.15) is 27.7 Å². The number of fused-ring (bicyclic) bond motifs is 1. The summed E-state index contributed by atoms with van der Waals surface area (Å²) in [6.45, 7) is 9.99. The highest BCUT2D eigenvalue weighted by Gasteiger charge is 2.17. The van der Waals surface area contributed by atoms with Crippen LogP contribution in [-0.2, 0) is 0 Å². The van der Waals surface area contributed by atoms with E-state index in [0.29, 0.717) is 23.7 Å². The summed E-state index contributed by atoms with van der Waals surface area (Å²) in [7, 11) is 0. The average Bonchev–Trinajstić information content (AvgIpc) is 2.70. The molecule has 0 saturated carbocycles. The van der Waals surface area contributed by atoms with Crippen molar-refractivity contribution in [3.05, 3.63) is 24.4 Å². The highest BCUT2D eigenvalue weighted by atomic mass is 15.3. The van der Waals surface area contributed by atoms with Crippen molar-refractivity contribution >= 4 is 11.6 Å². The summed E-state index contributed by atoms with van der Waals surface area (Å²) in [5.41, 5.74) is 0.880. The zero-order valence-electron chi connectivity index (χ0n) is 11.6. The lowest BCUT2D eigenvalue weighted by Crippen LogP contribution is -2.24. The maximum atomic E-state index is 4.44. The van der Waals surface area contributed by atoms with Crippen LogP contribution in [0.15, 0.2) is 24.4 Å². The fourth-order valence-corrected chi connectivity index (χ4v) is 2.36. The van der Waals surface area contributed by atoms with E-state index >= 15 is 0 Å². The molecule has 18 heavy (non-hydrogen) atoms. The Kier molecular flexibility index (Phi) is 3.84. The molecular weight excluding hydrogens is 224 g/mol. The van der Waals surface area contributed by atoms with Crippen molar-refractivity contribution in [2.75, 3.05) is 11.9 Å². The monoisotopic (exact) mass is 246 g/mol. The zero-order valence-corrected chi connectivity index (χ0v) is 11.6. The maximum absolute atomic E-state index is 4.44. The minimum Gasteiger partial charge on any atom is -0.353 e. The van der Waals surface area contributed by atoms with Gasteiger partial charge in [0.1, 0.15) is 0 Å². The summed E-state index contributed by atoms with van der Waals surface area (Å²) in [6.07, 6.45) is 1.91. The number of nitrogens with zero attached hydrogens (tertiary/aromatic N) is 3. The molecule has 98 valence electrons. The van der Waals surface area contributed by atoms with Gasteiger partial charge in [-0.25, -0.2) is 4.52 Å². The van der Waals surface area contributed by atoms with Gasteiger partial charge >= 0.3 is 0 Å². The number of anilines is 1. The number of pyridine rings is 1. The van der Waals surface area contributed by atoms with Crippen molar-refractivity contribution in [2.45, 2.75) is 27.7 Å². The third kappa shape index (κ3) is 2.81. The highest BCUT2D eigenvalue weighted by Crippen LogP contribution is 2.20. The van der Waals surface area contributed by atoms with Crippen molar-refractivity contribution < 1.29 is 0 Å². The molecule has 4 nitrogen and oxygen atoms in total. The third-order valence-electron chi connectivity index (χ3n) is 3.45. The minimum absolute atomic E-state index is 0.636. The largest absolute Gasteiger partial charge is 0.353 e. The number of hydrogen-bond acceptors (Lipinski definition) is 3. The summed E-state index contributed by atoms with van der Waals surface area (Å²) in [4.78, 5) is 4.44. The van der Waals surface area contributed by atoms with E-state index in [4.69, 9.17) is 0 Å². The molecule has 4 heteroatoms. The molecule has 0 fully saturated rings. The first-order valence-corrected chi connectivity index (χ1v) is 6.63. The van der Waals surface area contributed by atoms with Crippen LogP contribution in [0.5, 0.6) is 0 Å². The van der Waals surface area contributed by atoms with E-state index in [1.54, 1.807) is 4.52 Å². The molecule has 2 aromatic rings. The lowest BCUT2D eigenvalue weighted by Gasteiger charge is -2.24. The zero-order chi connectivity index (χ0) is 13.1. The molecule has 0 bridgehead atoms. The van der Waals surface area contributed by atoms with Crippen LogP contribution >= 0.6 is 0 Å². The first-order chi connectivity index (χ1) is 8.58. The van der Waals surface area contributed by atoms with Crippen molar-refractivity contribution in [3.63, 3.8) is 0 Å². The van der Waals surface area contributed by atoms with Crippen LogP contribution in [-0.4, -0.2) is 21.1 Å². The van der Waals surface area contributed by atoms with Gasteiger partial charge in [0, 0.05) is 12.7 Å². The predicted octanol–water partition coefficient (Wildman–Crippen LogP) is 3.07. The Bertz CT molecular complexity index is 460. The van der Waals surface area contributed by atoms with Gasteiger partial charge in [-0.05, 0) is 29.9 Å². The maximum Gasteiger partial charge on any atom is 0.243 e. The first-order valence-electron chi connectivity index (χ1n) is 6.63. The number of hydrogen-bond donors (Lipinski definition) is 1. The normalized spacial score (nSPS) is 11.9. The van der Waals surface area contributed by atoms with E-state index in [0.717, 1.165) is 12.2 Å². The Morgan fingerprint density at radius 2 is 1.89 bits per heavy atom. The standard InChI is InChI=1S/C14H22N4/c1-10(2)12(11(3)4)9-15-14-16-13-7-5-6-8-18(13)17-14/h5-8,10-12H,9H2,1-4H3,(H,15,17). The molecule has 0 atom stereocenters. The Balaban J connectivity index is 2.05. The SMILES string of the molecule is CC(C)C(CNc1nc2ccccn2n1)C(C)C. The summed E-state index contributed by atoms with van der Waals surface area (Å²) in [5, 5.41) is 7.75. The molecule has 0 spiro atoms. The molecule has 2 aromatic heterocycles. The molecule has 0 aliphatic heterocycles. The van der Waals surface area contributed by atoms with Crippen molar-refractivity contribution in [1.29, 1.82) is 0 Å². The van der Waals surface area contributed by atoms with Gasteiger partial charge in [0.15, 0.2) is 5.65 Å². The van der Waals surface area contributed by atoms with Gasteiger partial charge in [0.2, 0.25) is 5.95 Å². The van der Waals surface area contributed by atoms with Crippen LogP contribution < -0.4 is 5.32 Å². The Morgan fingerprint density at radius 1 is 1.17 bits per heavy atom. The Morgan fingerprint density at radius 3 is 2.50 bits per heavy atom.